The number of benzene rings is 1. The van der Waals surface area contributed by atoms with E-state index in [1.54, 1.807) is 0 Å². The van der Waals surface area contributed by atoms with Gasteiger partial charge < -0.3 is 15.1 Å². The van der Waals surface area contributed by atoms with Crippen molar-refractivity contribution in [1.29, 1.82) is 0 Å². The first-order chi connectivity index (χ1) is 6.70. The van der Waals surface area contributed by atoms with Gasteiger partial charge in [0.15, 0.2) is 0 Å². The SMILES string of the molecule is COC(=O)c1cccc(O)c1/C=N/O. The molecule has 0 spiro atoms. The Kier molecular flexibility index (Phi) is 3.06. The molecule has 0 bridgehead atoms. The van der Waals surface area contributed by atoms with Gasteiger partial charge in [-0.15, -0.1) is 0 Å². The van der Waals surface area contributed by atoms with E-state index in [2.05, 4.69) is 9.89 Å². The molecule has 0 aromatic heterocycles. The topological polar surface area (TPSA) is 79.1 Å². The highest BCUT2D eigenvalue weighted by molar-refractivity contribution is 6.00. The molecule has 1 aromatic rings. The fraction of sp³-hybridized carbons (Fsp3) is 0.111. The van der Waals surface area contributed by atoms with Crippen LogP contribution < -0.4 is 0 Å². The highest BCUT2D eigenvalue weighted by Crippen LogP contribution is 2.19. The van der Waals surface area contributed by atoms with E-state index in [0.29, 0.717) is 0 Å². The summed E-state index contributed by atoms with van der Waals surface area (Å²) in [6.45, 7) is 0. The zero-order valence-electron chi connectivity index (χ0n) is 7.47. The lowest BCUT2D eigenvalue weighted by molar-refractivity contribution is 0.0600. The van der Waals surface area contributed by atoms with E-state index >= 15 is 0 Å². The number of rotatable bonds is 2. The highest BCUT2D eigenvalue weighted by atomic mass is 16.5. The van der Waals surface area contributed by atoms with Crippen LogP contribution in [-0.4, -0.2) is 29.6 Å². The van der Waals surface area contributed by atoms with Crippen LogP contribution in [0.15, 0.2) is 23.4 Å². The Morgan fingerprint density at radius 1 is 1.57 bits per heavy atom. The number of hydrogen-bond acceptors (Lipinski definition) is 5. The smallest absolute Gasteiger partial charge is 0.338 e. The first-order valence-electron chi connectivity index (χ1n) is 3.78. The third-order valence-corrected chi connectivity index (χ3v) is 1.68. The Hall–Kier alpha value is -2.04. The minimum Gasteiger partial charge on any atom is -0.507 e. The van der Waals surface area contributed by atoms with Crippen LogP contribution in [0.1, 0.15) is 15.9 Å². The van der Waals surface area contributed by atoms with Crippen molar-refractivity contribution in [1.82, 2.24) is 0 Å². The number of phenols is 1. The Labute approximate surface area is 80.2 Å². The van der Waals surface area contributed by atoms with E-state index in [0.717, 1.165) is 6.21 Å². The number of ether oxygens (including phenoxy) is 1. The van der Waals surface area contributed by atoms with E-state index < -0.39 is 5.97 Å². The predicted octanol–water partition coefficient (Wildman–Crippen LogP) is 0.987. The lowest BCUT2D eigenvalue weighted by atomic mass is 10.1. The fourth-order valence-electron chi connectivity index (χ4n) is 1.03. The van der Waals surface area contributed by atoms with Gasteiger partial charge in [0.25, 0.3) is 0 Å². The van der Waals surface area contributed by atoms with E-state index in [1.165, 1.54) is 25.3 Å². The van der Waals surface area contributed by atoms with Gasteiger partial charge in [-0.05, 0) is 12.1 Å². The minimum absolute atomic E-state index is 0.127. The number of oxime groups is 1. The lowest BCUT2D eigenvalue weighted by Gasteiger charge is -2.04. The van der Waals surface area contributed by atoms with Gasteiger partial charge in [0.05, 0.1) is 24.5 Å². The van der Waals surface area contributed by atoms with Crippen molar-refractivity contribution in [2.24, 2.45) is 5.16 Å². The molecule has 0 atom stereocenters. The number of carbonyl (C=O) groups is 1. The molecule has 2 N–H and O–H groups in total. The molecule has 0 unspecified atom stereocenters. The van der Waals surface area contributed by atoms with Gasteiger partial charge in [0.1, 0.15) is 5.75 Å². The van der Waals surface area contributed by atoms with Gasteiger partial charge >= 0.3 is 5.97 Å². The first kappa shape index (κ1) is 10.0. The number of carbonyl (C=O) groups excluding carboxylic acids is 1. The van der Waals surface area contributed by atoms with Crippen molar-refractivity contribution in [2.75, 3.05) is 7.11 Å². The maximum atomic E-state index is 11.2. The molecule has 0 heterocycles. The molecule has 5 nitrogen and oxygen atoms in total. The van der Waals surface area contributed by atoms with Gasteiger partial charge in [-0.25, -0.2) is 4.79 Å². The van der Waals surface area contributed by atoms with E-state index in [-0.39, 0.29) is 16.9 Å². The summed E-state index contributed by atoms with van der Waals surface area (Å²) in [5.74, 6) is -0.749. The summed E-state index contributed by atoms with van der Waals surface area (Å²) < 4.78 is 4.48. The third kappa shape index (κ3) is 1.82. The molecule has 0 aliphatic rings. The Morgan fingerprint density at radius 3 is 2.86 bits per heavy atom. The van der Waals surface area contributed by atoms with Crippen LogP contribution in [0.4, 0.5) is 0 Å². The quantitative estimate of drug-likeness (QED) is 0.319. The number of methoxy groups -OCH3 is 1. The number of esters is 1. The average molecular weight is 195 g/mol. The van der Waals surface area contributed by atoms with Gasteiger partial charge in [-0.1, -0.05) is 11.2 Å². The molecule has 0 saturated heterocycles. The molecule has 0 amide bonds. The van der Waals surface area contributed by atoms with Gasteiger partial charge in [-0.2, -0.15) is 0 Å². The molecule has 14 heavy (non-hydrogen) atoms. The number of nitrogens with zero attached hydrogens (tertiary/aromatic N) is 1. The van der Waals surface area contributed by atoms with Gasteiger partial charge in [0, 0.05) is 0 Å². The van der Waals surface area contributed by atoms with Crippen LogP contribution in [0.25, 0.3) is 0 Å². The van der Waals surface area contributed by atoms with Crippen molar-refractivity contribution in [2.45, 2.75) is 0 Å². The number of phenolic OH excluding ortho intramolecular Hbond substituents is 1. The van der Waals surface area contributed by atoms with Crippen LogP contribution >= 0.6 is 0 Å². The summed E-state index contributed by atoms with van der Waals surface area (Å²) >= 11 is 0. The van der Waals surface area contributed by atoms with Crippen molar-refractivity contribution >= 4 is 12.2 Å². The second-order valence-corrected chi connectivity index (χ2v) is 2.47. The van der Waals surface area contributed by atoms with E-state index in [4.69, 9.17) is 5.21 Å². The molecule has 0 aliphatic heterocycles. The van der Waals surface area contributed by atoms with Crippen LogP contribution in [0, 0.1) is 0 Å². The molecule has 74 valence electrons. The average Bonchev–Trinajstić information content (AvgIpc) is 2.20. The maximum Gasteiger partial charge on any atom is 0.338 e. The molecule has 0 fully saturated rings. The van der Waals surface area contributed by atoms with Gasteiger partial charge in [-0.3, -0.25) is 0 Å². The zero-order chi connectivity index (χ0) is 10.6. The van der Waals surface area contributed by atoms with Crippen LogP contribution in [0.5, 0.6) is 5.75 Å². The van der Waals surface area contributed by atoms with Crippen molar-refractivity contribution in [3.8, 4) is 5.75 Å². The molecule has 0 aliphatic carbocycles. The number of aromatic hydroxyl groups is 1. The fourth-order valence-corrected chi connectivity index (χ4v) is 1.03. The highest BCUT2D eigenvalue weighted by Gasteiger charge is 2.13. The van der Waals surface area contributed by atoms with E-state index in [1.807, 2.05) is 0 Å². The van der Waals surface area contributed by atoms with Crippen molar-refractivity contribution < 1.29 is 19.8 Å². The molecular formula is C9H9NO4. The first-order valence-corrected chi connectivity index (χ1v) is 3.78. The standard InChI is InChI=1S/C9H9NO4/c1-14-9(12)6-3-2-4-8(11)7(6)5-10-13/h2-5,11,13H,1H3/b10-5+. The van der Waals surface area contributed by atoms with Gasteiger partial charge in [0.2, 0.25) is 0 Å². The van der Waals surface area contributed by atoms with Crippen molar-refractivity contribution in [3.05, 3.63) is 29.3 Å². The predicted molar refractivity (Wildman–Crippen MR) is 48.8 cm³/mol. The second-order valence-electron chi connectivity index (χ2n) is 2.47. The Balaban J connectivity index is 3.27. The molecular weight excluding hydrogens is 186 g/mol. The summed E-state index contributed by atoms with van der Waals surface area (Å²) in [5.41, 5.74) is 0.271. The Morgan fingerprint density at radius 2 is 2.29 bits per heavy atom. The van der Waals surface area contributed by atoms with Crippen LogP contribution in [0.2, 0.25) is 0 Å². The Bertz CT molecular complexity index is 373. The van der Waals surface area contributed by atoms with Crippen LogP contribution in [-0.2, 0) is 4.74 Å². The largest absolute Gasteiger partial charge is 0.507 e. The summed E-state index contributed by atoms with van der Waals surface area (Å²) in [5, 5.41) is 20.4. The molecule has 5 heteroatoms. The molecule has 0 saturated carbocycles. The third-order valence-electron chi connectivity index (χ3n) is 1.68. The molecule has 1 aromatic carbocycles. The van der Waals surface area contributed by atoms with Crippen molar-refractivity contribution in [3.63, 3.8) is 0 Å². The summed E-state index contributed by atoms with van der Waals surface area (Å²) in [6.07, 6.45) is 0.974. The normalized spacial score (nSPS) is 10.4. The monoisotopic (exact) mass is 195 g/mol. The van der Waals surface area contributed by atoms with Crippen LogP contribution in [0.3, 0.4) is 0 Å². The zero-order valence-corrected chi connectivity index (χ0v) is 7.47. The summed E-state index contributed by atoms with van der Waals surface area (Å²) in [4.78, 5) is 11.2. The molecule has 1 rings (SSSR count). The lowest BCUT2D eigenvalue weighted by Crippen LogP contribution is -2.05. The second kappa shape index (κ2) is 4.27. The number of hydrogen-bond donors (Lipinski definition) is 2. The summed E-state index contributed by atoms with van der Waals surface area (Å²) in [6, 6.07) is 4.34. The maximum absolute atomic E-state index is 11.2. The molecule has 0 radical (unpaired) electrons. The summed E-state index contributed by atoms with van der Waals surface area (Å²) in [7, 11) is 1.23. The van der Waals surface area contributed by atoms with E-state index in [9.17, 15) is 9.90 Å². The minimum atomic E-state index is -0.601.